The molecule has 0 aromatic carbocycles. The largest absolute Gasteiger partial charge is 0.393 e. The third kappa shape index (κ3) is 3.87. The summed E-state index contributed by atoms with van der Waals surface area (Å²) in [5, 5.41) is 10.2. The van der Waals surface area contributed by atoms with E-state index in [2.05, 4.69) is 41.7 Å². The predicted octanol–water partition coefficient (Wildman–Crippen LogP) is 2.11. The number of rotatable bonds is 5. The molecule has 1 fully saturated rings. The molecule has 84 valence electrons. The van der Waals surface area contributed by atoms with Gasteiger partial charge in [-0.2, -0.15) is 0 Å². The summed E-state index contributed by atoms with van der Waals surface area (Å²) in [6, 6.07) is 0. The van der Waals surface area contributed by atoms with Crippen LogP contribution in [-0.2, 0) is 0 Å². The highest BCUT2D eigenvalue weighted by Crippen LogP contribution is 2.28. The summed E-state index contributed by atoms with van der Waals surface area (Å²) in [4.78, 5) is 2.39. The average Bonchev–Trinajstić information content (AvgIpc) is 2.00. The lowest BCUT2D eigenvalue weighted by Gasteiger charge is -2.37. The number of halogens is 1. The van der Waals surface area contributed by atoms with Crippen LogP contribution in [0.25, 0.3) is 0 Å². The maximum atomic E-state index is 9.18. The summed E-state index contributed by atoms with van der Waals surface area (Å²) in [5.41, 5.74) is 0.344. The lowest BCUT2D eigenvalue weighted by molar-refractivity contribution is 0.0245. The van der Waals surface area contributed by atoms with E-state index in [1.807, 2.05) is 0 Å². The fraction of sp³-hybridized carbons (Fsp3) is 1.00. The molecule has 1 N–H and O–H groups in total. The second kappa shape index (κ2) is 4.95. The van der Waals surface area contributed by atoms with Gasteiger partial charge in [0.05, 0.1) is 6.10 Å². The summed E-state index contributed by atoms with van der Waals surface area (Å²) >= 11 is 3.54. The number of nitrogens with zero attached hydrogens (tertiary/aromatic N) is 1. The van der Waals surface area contributed by atoms with Gasteiger partial charge in [-0.1, -0.05) is 29.8 Å². The quantitative estimate of drug-likeness (QED) is 0.769. The van der Waals surface area contributed by atoms with Gasteiger partial charge >= 0.3 is 0 Å². The smallest absolute Gasteiger partial charge is 0.0546 e. The van der Waals surface area contributed by atoms with Crippen molar-refractivity contribution in [1.29, 1.82) is 0 Å². The van der Waals surface area contributed by atoms with Crippen molar-refractivity contribution >= 4 is 15.9 Å². The van der Waals surface area contributed by atoms with Crippen LogP contribution in [-0.4, -0.2) is 41.6 Å². The van der Waals surface area contributed by atoms with E-state index in [4.69, 9.17) is 0 Å². The Hall–Kier alpha value is 0.400. The number of hydrogen-bond donors (Lipinski definition) is 1. The van der Waals surface area contributed by atoms with Gasteiger partial charge in [-0.3, -0.25) is 0 Å². The third-order valence-electron chi connectivity index (χ3n) is 2.84. The molecule has 0 heterocycles. The van der Waals surface area contributed by atoms with Crippen LogP contribution in [0.2, 0.25) is 0 Å². The van der Waals surface area contributed by atoms with Crippen molar-refractivity contribution in [2.45, 2.75) is 32.8 Å². The van der Waals surface area contributed by atoms with Crippen LogP contribution in [0.3, 0.4) is 0 Å². The minimum Gasteiger partial charge on any atom is -0.393 e. The first-order valence-corrected chi connectivity index (χ1v) is 6.47. The van der Waals surface area contributed by atoms with Crippen LogP contribution in [0.4, 0.5) is 0 Å². The zero-order chi connectivity index (χ0) is 10.8. The van der Waals surface area contributed by atoms with Crippen molar-refractivity contribution < 1.29 is 5.11 Å². The Morgan fingerprint density at radius 2 is 2.00 bits per heavy atom. The van der Waals surface area contributed by atoms with Crippen LogP contribution < -0.4 is 0 Å². The van der Waals surface area contributed by atoms with Gasteiger partial charge in [0.2, 0.25) is 0 Å². The molecule has 14 heavy (non-hydrogen) atoms. The molecular weight excluding hydrogens is 242 g/mol. The second-order valence-electron chi connectivity index (χ2n) is 5.49. The standard InChI is InChI=1S/C11H22BrNO/c1-11(2,7-12)8-13(3)6-9-4-10(14)5-9/h9-10,14H,4-8H2,1-3H3. The Labute approximate surface area is 95.8 Å². The van der Waals surface area contributed by atoms with Crippen molar-refractivity contribution in [3.63, 3.8) is 0 Å². The Bertz CT molecular complexity index is 178. The molecule has 1 saturated carbocycles. The molecule has 3 heteroatoms. The monoisotopic (exact) mass is 263 g/mol. The first-order chi connectivity index (χ1) is 6.43. The van der Waals surface area contributed by atoms with Gasteiger partial charge in [0.15, 0.2) is 0 Å². The SMILES string of the molecule is CN(CC1CC(O)C1)CC(C)(C)CBr. The van der Waals surface area contributed by atoms with Gasteiger partial charge in [-0.25, -0.2) is 0 Å². The van der Waals surface area contributed by atoms with E-state index < -0.39 is 0 Å². The van der Waals surface area contributed by atoms with Crippen LogP contribution in [0, 0.1) is 11.3 Å². The molecule has 0 amide bonds. The lowest BCUT2D eigenvalue weighted by Crippen LogP contribution is -2.40. The van der Waals surface area contributed by atoms with Gasteiger partial charge in [0.1, 0.15) is 0 Å². The van der Waals surface area contributed by atoms with Gasteiger partial charge in [0.25, 0.3) is 0 Å². The Balaban J connectivity index is 2.19. The molecule has 0 aromatic heterocycles. The topological polar surface area (TPSA) is 23.5 Å². The van der Waals surface area contributed by atoms with Crippen LogP contribution in [0.15, 0.2) is 0 Å². The van der Waals surface area contributed by atoms with Gasteiger partial charge in [-0.05, 0) is 31.2 Å². The molecule has 0 aliphatic heterocycles. The molecule has 1 aliphatic carbocycles. The highest BCUT2D eigenvalue weighted by atomic mass is 79.9. The van der Waals surface area contributed by atoms with E-state index >= 15 is 0 Å². The summed E-state index contributed by atoms with van der Waals surface area (Å²) in [6.07, 6.45) is 1.98. The summed E-state index contributed by atoms with van der Waals surface area (Å²) in [6.45, 7) is 6.79. The highest BCUT2D eigenvalue weighted by Gasteiger charge is 2.29. The number of aliphatic hydroxyl groups excluding tert-OH is 1. The van der Waals surface area contributed by atoms with Crippen molar-refractivity contribution in [2.24, 2.45) is 11.3 Å². The molecule has 0 aromatic rings. The number of aliphatic hydroxyl groups is 1. The normalized spacial score (nSPS) is 27.9. The molecule has 1 rings (SSSR count). The van der Waals surface area contributed by atoms with E-state index in [-0.39, 0.29) is 6.10 Å². The molecule has 0 unspecified atom stereocenters. The van der Waals surface area contributed by atoms with Crippen LogP contribution >= 0.6 is 15.9 Å². The van der Waals surface area contributed by atoms with Gasteiger partial charge in [0, 0.05) is 18.4 Å². The molecule has 0 saturated heterocycles. The average molecular weight is 264 g/mol. The van der Waals surface area contributed by atoms with Gasteiger partial charge < -0.3 is 10.0 Å². The van der Waals surface area contributed by atoms with E-state index in [9.17, 15) is 5.11 Å². The minimum absolute atomic E-state index is 0.0161. The summed E-state index contributed by atoms with van der Waals surface area (Å²) in [5.74, 6) is 0.723. The maximum Gasteiger partial charge on any atom is 0.0546 e. The summed E-state index contributed by atoms with van der Waals surface area (Å²) < 4.78 is 0. The fourth-order valence-corrected chi connectivity index (χ4v) is 2.31. The molecule has 0 atom stereocenters. The van der Waals surface area contributed by atoms with Crippen LogP contribution in [0.5, 0.6) is 0 Å². The predicted molar refractivity (Wildman–Crippen MR) is 63.8 cm³/mol. The van der Waals surface area contributed by atoms with Crippen molar-refractivity contribution in [1.82, 2.24) is 4.90 Å². The first kappa shape index (κ1) is 12.5. The van der Waals surface area contributed by atoms with Gasteiger partial charge in [-0.15, -0.1) is 0 Å². The van der Waals surface area contributed by atoms with Crippen molar-refractivity contribution in [3.05, 3.63) is 0 Å². The maximum absolute atomic E-state index is 9.18. The molecular formula is C11H22BrNO. The minimum atomic E-state index is -0.0161. The first-order valence-electron chi connectivity index (χ1n) is 5.35. The zero-order valence-electron chi connectivity index (χ0n) is 9.46. The van der Waals surface area contributed by atoms with E-state index in [0.29, 0.717) is 5.41 Å². The third-order valence-corrected chi connectivity index (χ3v) is 4.36. The summed E-state index contributed by atoms with van der Waals surface area (Å²) in [7, 11) is 2.18. The molecule has 0 radical (unpaired) electrons. The molecule has 0 spiro atoms. The number of alkyl halides is 1. The second-order valence-corrected chi connectivity index (χ2v) is 6.05. The van der Waals surface area contributed by atoms with E-state index in [1.165, 1.54) is 0 Å². The van der Waals surface area contributed by atoms with E-state index in [0.717, 1.165) is 37.2 Å². The lowest BCUT2D eigenvalue weighted by atomic mass is 9.82. The molecule has 0 bridgehead atoms. The molecule has 2 nitrogen and oxygen atoms in total. The fourth-order valence-electron chi connectivity index (χ4n) is 2.13. The Morgan fingerprint density at radius 1 is 1.43 bits per heavy atom. The zero-order valence-corrected chi connectivity index (χ0v) is 11.0. The number of hydrogen-bond acceptors (Lipinski definition) is 2. The Morgan fingerprint density at radius 3 is 2.43 bits per heavy atom. The highest BCUT2D eigenvalue weighted by molar-refractivity contribution is 9.09. The van der Waals surface area contributed by atoms with E-state index in [1.54, 1.807) is 0 Å². The van der Waals surface area contributed by atoms with Crippen LogP contribution in [0.1, 0.15) is 26.7 Å². The van der Waals surface area contributed by atoms with Crippen molar-refractivity contribution in [3.8, 4) is 0 Å². The Kier molecular flexibility index (Phi) is 4.41. The molecule has 1 aliphatic rings. The van der Waals surface area contributed by atoms with Crippen molar-refractivity contribution in [2.75, 3.05) is 25.5 Å².